The van der Waals surface area contributed by atoms with Crippen molar-refractivity contribution in [3.05, 3.63) is 35.6 Å². The van der Waals surface area contributed by atoms with Crippen molar-refractivity contribution in [2.75, 3.05) is 39.3 Å². The molecular formula is C23H32FN3O2. The molecule has 2 amide bonds. The van der Waals surface area contributed by atoms with E-state index in [1.165, 1.54) is 18.9 Å². The number of hydrogen-bond acceptors (Lipinski definition) is 3. The van der Waals surface area contributed by atoms with E-state index in [9.17, 15) is 14.0 Å². The molecule has 3 aliphatic rings. The molecule has 1 aromatic rings. The molecule has 0 unspecified atom stereocenters. The Bertz CT molecular complexity index is 747. The zero-order chi connectivity index (χ0) is 20.3. The van der Waals surface area contributed by atoms with Gasteiger partial charge in [0.2, 0.25) is 11.8 Å². The van der Waals surface area contributed by atoms with Gasteiger partial charge in [0.05, 0.1) is 12.0 Å². The van der Waals surface area contributed by atoms with E-state index in [4.69, 9.17) is 0 Å². The molecule has 3 aliphatic heterocycles. The number of rotatable bonds is 4. The van der Waals surface area contributed by atoms with Crippen LogP contribution >= 0.6 is 0 Å². The van der Waals surface area contributed by atoms with E-state index in [1.807, 2.05) is 15.9 Å². The Labute approximate surface area is 172 Å². The lowest BCUT2D eigenvalue weighted by molar-refractivity contribution is -0.146. The second kappa shape index (κ2) is 8.82. The molecule has 3 heterocycles. The molecule has 1 atom stereocenters. The number of benzene rings is 1. The number of hydrogen-bond donors (Lipinski definition) is 0. The highest BCUT2D eigenvalue weighted by Gasteiger charge is 2.48. The van der Waals surface area contributed by atoms with Crippen LogP contribution in [0.1, 0.15) is 50.5 Å². The highest BCUT2D eigenvalue weighted by atomic mass is 19.1. The van der Waals surface area contributed by atoms with E-state index in [-0.39, 0.29) is 17.6 Å². The van der Waals surface area contributed by atoms with Gasteiger partial charge in [-0.15, -0.1) is 0 Å². The van der Waals surface area contributed by atoms with Crippen LogP contribution in [0.25, 0.3) is 0 Å². The minimum atomic E-state index is -0.400. The van der Waals surface area contributed by atoms with Gasteiger partial charge in [0.15, 0.2) is 0 Å². The molecule has 158 valence electrons. The minimum Gasteiger partial charge on any atom is -0.342 e. The summed E-state index contributed by atoms with van der Waals surface area (Å²) < 4.78 is 14.1. The zero-order valence-electron chi connectivity index (χ0n) is 17.2. The molecule has 0 N–H and O–H groups in total. The number of halogens is 1. The molecule has 5 nitrogen and oxygen atoms in total. The van der Waals surface area contributed by atoms with Gasteiger partial charge < -0.3 is 9.80 Å². The van der Waals surface area contributed by atoms with E-state index >= 15 is 0 Å². The first-order valence-corrected chi connectivity index (χ1v) is 11.1. The molecule has 4 rings (SSSR count). The van der Waals surface area contributed by atoms with E-state index in [0.29, 0.717) is 31.7 Å². The monoisotopic (exact) mass is 401 g/mol. The van der Waals surface area contributed by atoms with Crippen molar-refractivity contribution in [1.29, 1.82) is 0 Å². The quantitative estimate of drug-likeness (QED) is 0.779. The van der Waals surface area contributed by atoms with E-state index in [1.54, 1.807) is 12.1 Å². The fourth-order valence-corrected chi connectivity index (χ4v) is 5.22. The molecule has 0 aliphatic carbocycles. The lowest BCUT2D eigenvalue weighted by atomic mass is 9.78. The molecule has 1 spiro atoms. The predicted molar refractivity (Wildman–Crippen MR) is 110 cm³/mol. The first kappa shape index (κ1) is 20.3. The molecule has 3 fully saturated rings. The third kappa shape index (κ3) is 4.47. The second-order valence-corrected chi connectivity index (χ2v) is 8.96. The van der Waals surface area contributed by atoms with Crippen LogP contribution in [0, 0.1) is 11.2 Å². The Kier molecular flexibility index (Phi) is 6.18. The van der Waals surface area contributed by atoms with Crippen molar-refractivity contribution in [1.82, 2.24) is 14.7 Å². The third-order valence-electron chi connectivity index (χ3n) is 6.89. The van der Waals surface area contributed by atoms with Gasteiger partial charge in [0, 0.05) is 38.3 Å². The van der Waals surface area contributed by atoms with Gasteiger partial charge in [0.1, 0.15) is 5.82 Å². The van der Waals surface area contributed by atoms with Crippen LogP contribution in [0.3, 0.4) is 0 Å². The van der Waals surface area contributed by atoms with E-state index in [2.05, 4.69) is 4.90 Å². The maximum Gasteiger partial charge on any atom is 0.236 e. The normalized spacial score (nSPS) is 26.2. The molecule has 0 saturated carbocycles. The third-order valence-corrected chi connectivity index (χ3v) is 6.89. The summed E-state index contributed by atoms with van der Waals surface area (Å²) in [4.78, 5) is 32.1. The molecular weight excluding hydrogens is 369 g/mol. The summed E-state index contributed by atoms with van der Waals surface area (Å²) in [6.07, 6.45) is 7.22. The average molecular weight is 402 g/mol. The molecule has 29 heavy (non-hydrogen) atoms. The van der Waals surface area contributed by atoms with Crippen LogP contribution in [0.15, 0.2) is 24.3 Å². The SMILES string of the molecule is O=C(CN1CC[C@]2(CCCN(Cc3ccccc3F)C2=O)C1)N1CCCCCC1. The maximum absolute atomic E-state index is 14.1. The number of piperidine rings is 1. The standard InChI is InChI=1S/C23H32FN3O2/c24-20-9-4-3-8-19(20)16-27-14-7-10-23(22(27)29)11-15-25(18-23)17-21(28)26-12-5-1-2-6-13-26/h3-4,8-9H,1-2,5-7,10-18H2/t23-/m1/s1. The largest absolute Gasteiger partial charge is 0.342 e. The Hall–Kier alpha value is -1.95. The van der Waals surface area contributed by atoms with Crippen LogP contribution in [0.4, 0.5) is 4.39 Å². The van der Waals surface area contributed by atoms with Gasteiger partial charge in [0.25, 0.3) is 0 Å². The van der Waals surface area contributed by atoms with Crippen LogP contribution in [0.2, 0.25) is 0 Å². The summed E-state index contributed by atoms with van der Waals surface area (Å²) in [5, 5.41) is 0. The van der Waals surface area contributed by atoms with Gasteiger partial charge in [-0.3, -0.25) is 14.5 Å². The summed E-state index contributed by atoms with van der Waals surface area (Å²) in [6, 6.07) is 6.69. The number of carbonyl (C=O) groups is 2. The maximum atomic E-state index is 14.1. The van der Waals surface area contributed by atoms with Crippen molar-refractivity contribution in [2.45, 2.75) is 51.5 Å². The number of likely N-dealkylation sites (tertiary alicyclic amines) is 3. The summed E-state index contributed by atoms with van der Waals surface area (Å²) >= 11 is 0. The Morgan fingerprint density at radius 3 is 2.48 bits per heavy atom. The van der Waals surface area contributed by atoms with Crippen molar-refractivity contribution in [3.8, 4) is 0 Å². The van der Waals surface area contributed by atoms with Crippen molar-refractivity contribution in [2.24, 2.45) is 5.41 Å². The van der Waals surface area contributed by atoms with Crippen LogP contribution < -0.4 is 0 Å². The van der Waals surface area contributed by atoms with Gasteiger partial charge >= 0.3 is 0 Å². The molecule has 1 aromatic carbocycles. The fraction of sp³-hybridized carbons (Fsp3) is 0.652. The summed E-state index contributed by atoms with van der Waals surface area (Å²) in [6.45, 7) is 4.61. The van der Waals surface area contributed by atoms with Crippen molar-refractivity contribution in [3.63, 3.8) is 0 Å². The molecule has 0 aromatic heterocycles. The highest BCUT2D eigenvalue weighted by molar-refractivity contribution is 5.84. The first-order chi connectivity index (χ1) is 14.1. The molecule has 3 saturated heterocycles. The Morgan fingerprint density at radius 2 is 1.72 bits per heavy atom. The highest BCUT2D eigenvalue weighted by Crippen LogP contribution is 2.40. The zero-order valence-corrected chi connectivity index (χ0v) is 17.2. The number of carbonyl (C=O) groups excluding carboxylic acids is 2. The van der Waals surface area contributed by atoms with Crippen LogP contribution in [-0.4, -0.2) is 65.8 Å². The average Bonchev–Trinajstić information content (AvgIpc) is 2.92. The van der Waals surface area contributed by atoms with Gasteiger partial charge in [-0.2, -0.15) is 0 Å². The molecule has 0 radical (unpaired) electrons. The topological polar surface area (TPSA) is 43.9 Å². The van der Waals surface area contributed by atoms with Gasteiger partial charge in [-0.25, -0.2) is 4.39 Å². The fourth-order valence-electron chi connectivity index (χ4n) is 5.22. The Morgan fingerprint density at radius 1 is 0.966 bits per heavy atom. The lowest BCUT2D eigenvalue weighted by Crippen LogP contribution is -2.50. The van der Waals surface area contributed by atoms with Crippen molar-refractivity contribution >= 4 is 11.8 Å². The van der Waals surface area contributed by atoms with E-state index < -0.39 is 5.41 Å². The first-order valence-electron chi connectivity index (χ1n) is 11.1. The summed E-state index contributed by atoms with van der Waals surface area (Å²) in [5.41, 5.74) is 0.173. The number of nitrogens with zero attached hydrogens (tertiary/aromatic N) is 3. The van der Waals surface area contributed by atoms with Crippen LogP contribution in [0.5, 0.6) is 0 Å². The van der Waals surface area contributed by atoms with Gasteiger partial charge in [-0.1, -0.05) is 31.0 Å². The van der Waals surface area contributed by atoms with Gasteiger partial charge in [-0.05, 0) is 44.7 Å². The lowest BCUT2D eigenvalue weighted by Gasteiger charge is -2.39. The van der Waals surface area contributed by atoms with E-state index in [0.717, 1.165) is 51.7 Å². The molecule has 6 heteroatoms. The van der Waals surface area contributed by atoms with Crippen LogP contribution in [-0.2, 0) is 16.1 Å². The Balaban J connectivity index is 1.37. The smallest absolute Gasteiger partial charge is 0.236 e. The predicted octanol–water partition coefficient (Wildman–Crippen LogP) is 3.04. The number of amides is 2. The summed E-state index contributed by atoms with van der Waals surface area (Å²) in [5.74, 6) is 0.0863. The summed E-state index contributed by atoms with van der Waals surface area (Å²) in [7, 11) is 0. The minimum absolute atomic E-state index is 0.136. The van der Waals surface area contributed by atoms with Crippen molar-refractivity contribution < 1.29 is 14.0 Å². The second-order valence-electron chi connectivity index (χ2n) is 8.96. The molecule has 0 bridgehead atoms.